The standard InChI is InChI=1S/C26H31FN6O3/c1-15-5-16-9-28-33(23(16)7-21(15)20-3-4-31(11-22(20)27)18-12-35-13-18)25-8-24(29-26(30-25)34-2)32-10-19-6-17(32)14-36-19/h5,7-9,17-20,22H,3-4,6,10-14H2,1-2H3/t17-,19-,20?,22?/m0/s1. The molecule has 1 aromatic carbocycles. The summed E-state index contributed by atoms with van der Waals surface area (Å²) in [5, 5.41) is 5.67. The van der Waals surface area contributed by atoms with Crippen molar-refractivity contribution in [2.45, 2.75) is 50.0 Å². The van der Waals surface area contributed by atoms with E-state index >= 15 is 4.39 Å². The van der Waals surface area contributed by atoms with Gasteiger partial charge in [0.05, 0.1) is 56.8 Å². The largest absolute Gasteiger partial charge is 0.467 e. The molecule has 0 saturated carbocycles. The highest BCUT2D eigenvalue weighted by Crippen LogP contribution is 2.37. The lowest BCUT2D eigenvalue weighted by molar-refractivity contribution is -0.0807. The van der Waals surface area contributed by atoms with Crippen molar-refractivity contribution >= 4 is 16.7 Å². The molecular weight excluding hydrogens is 463 g/mol. The number of nitrogens with zero attached hydrogens (tertiary/aromatic N) is 6. The van der Waals surface area contributed by atoms with E-state index in [9.17, 15) is 0 Å². The van der Waals surface area contributed by atoms with Gasteiger partial charge < -0.3 is 19.1 Å². The molecule has 2 aromatic heterocycles. The highest BCUT2D eigenvalue weighted by atomic mass is 19.1. The summed E-state index contributed by atoms with van der Waals surface area (Å²) >= 11 is 0. The van der Waals surface area contributed by atoms with Crippen LogP contribution in [0.5, 0.6) is 6.01 Å². The van der Waals surface area contributed by atoms with E-state index in [4.69, 9.17) is 14.2 Å². The summed E-state index contributed by atoms with van der Waals surface area (Å²) in [5.41, 5.74) is 3.07. The maximum atomic E-state index is 15.5. The first-order valence-corrected chi connectivity index (χ1v) is 12.8. The van der Waals surface area contributed by atoms with Crippen LogP contribution in [0.25, 0.3) is 16.7 Å². The van der Waals surface area contributed by atoms with E-state index in [1.54, 1.807) is 7.11 Å². The number of halogens is 1. The van der Waals surface area contributed by atoms with E-state index < -0.39 is 6.17 Å². The van der Waals surface area contributed by atoms with Crippen LogP contribution >= 0.6 is 0 Å². The number of morpholine rings is 1. The second-order valence-electron chi connectivity index (χ2n) is 10.5. The second-order valence-corrected chi connectivity index (χ2v) is 10.5. The van der Waals surface area contributed by atoms with Gasteiger partial charge in [0.25, 0.3) is 0 Å². The quantitative estimate of drug-likeness (QED) is 0.536. The third kappa shape index (κ3) is 3.65. The predicted molar refractivity (Wildman–Crippen MR) is 132 cm³/mol. The summed E-state index contributed by atoms with van der Waals surface area (Å²) in [6, 6.07) is 7.18. The molecule has 9 nitrogen and oxygen atoms in total. The van der Waals surface area contributed by atoms with Crippen molar-refractivity contribution in [2.75, 3.05) is 51.5 Å². The highest BCUT2D eigenvalue weighted by Gasteiger charge is 2.40. The number of ether oxygens (including phenoxy) is 3. The van der Waals surface area contributed by atoms with Crippen molar-refractivity contribution < 1.29 is 18.6 Å². The smallest absolute Gasteiger partial charge is 0.320 e. The second kappa shape index (κ2) is 8.64. The van der Waals surface area contributed by atoms with E-state index in [0.717, 1.165) is 73.6 Å². The number of rotatable bonds is 5. The topological polar surface area (TPSA) is 77.8 Å². The number of piperidine rings is 1. The van der Waals surface area contributed by atoms with Gasteiger partial charge in [0.2, 0.25) is 0 Å². The number of likely N-dealkylation sites (tertiary alicyclic amines) is 1. The van der Waals surface area contributed by atoms with E-state index in [1.807, 2.05) is 16.9 Å². The van der Waals surface area contributed by atoms with Gasteiger partial charge in [-0.25, -0.2) is 9.07 Å². The lowest BCUT2D eigenvalue weighted by atomic mass is 9.84. The molecular formula is C26H31FN6O3. The van der Waals surface area contributed by atoms with Crippen molar-refractivity contribution in [1.82, 2.24) is 24.6 Å². The number of aryl methyl sites for hydroxylation is 1. The van der Waals surface area contributed by atoms with Gasteiger partial charge in [0, 0.05) is 30.5 Å². The van der Waals surface area contributed by atoms with Gasteiger partial charge in [-0.2, -0.15) is 15.1 Å². The fraction of sp³-hybridized carbons (Fsp3) is 0.577. The first-order chi connectivity index (χ1) is 17.6. The van der Waals surface area contributed by atoms with Crippen LogP contribution < -0.4 is 9.64 Å². The molecule has 0 aliphatic carbocycles. The molecule has 3 aromatic rings. The third-order valence-electron chi connectivity index (χ3n) is 8.34. The van der Waals surface area contributed by atoms with Crippen molar-refractivity contribution in [3.8, 4) is 11.8 Å². The Kier molecular flexibility index (Phi) is 5.37. The number of anilines is 1. The number of benzene rings is 1. The molecule has 0 N–H and O–H groups in total. The maximum absolute atomic E-state index is 15.5. The molecule has 190 valence electrons. The number of hydrogen-bond donors (Lipinski definition) is 0. The Morgan fingerprint density at radius 2 is 1.92 bits per heavy atom. The molecule has 2 bridgehead atoms. The van der Waals surface area contributed by atoms with Gasteiger partial charge in [0.1, 0.15) is 12.0 Å². The molecule has 4 aliphatic rings. The number of alkyl halides is 1. The summed E-state index contributed by atoms with van der Waals surface area (Å²) in [7, 11) is 1.58. The van der Waals surface area contributed by atoms with Crippen LogP contribution in [-0.2, 0) is 9.47 Å². The lowest BCUT2D eigenvalue weighted by Crippen LogP contribution is -2.54. The lowest BCUT2D eigenvalue weighted by Gasteiger charge is -2.43. The summed E-state index contributed by atoms with van der Waals surface area (Å²) in [4.78, 5) is 13.8. The average molecular weight is 495 g/mol. The number of aromatic nitrogens is 4. The molecule has 4 atom stereocenters. The normalized spacial score (nSPS) is 28.7. The molecule has 36 heavy (non-hydrogen) atoms. The minimum atomic E-state index is -0.912. The Morgan fingerprint density at radius 1 is 1.06 bits per heavy atom. The molecule has 4 aliphatic heterocycles. The van der Waals surface area contributed by atoms with Crippen LogP contribution in [0.4, 0.5) is 10.2 Å². The van der Waals surface area contributed by atoms with Gasteiger partial charge in [-0.15, -0.1) is 0 Å². The monoisotopic (exact) mass is 494 g/mol. The van der Waals surface area contributed by atoms with E-state index in [1.165, 1.54) is 0 Å². The molecule has 4 fully saturated rings. The Hall–Kier alpha value is -2.82. The zero-order valence-electron chi connectivity index (χ0n) is 20.6. The van der Waals surface area contributed by atoms with Crippen molar-refractivity contribution in [2.24, 2.45) is 0 Å². The van der Waals surface area contributed by atoms with Gasteiger partial charge in [-0.1, -0.05) is 0 Å². The van der Waals surface area contributed by atoms with Crippen LogP contribution in [0.2, 0.25) is 0 Å². The van der Waals surface area contributed by atoms with Crippen molar-refractivity contribution in [3.63, 3.8) is 0 Å². The van der Waals surface area contributed by atoms with Crippen LogP contribution in [0.3, 0.4) is 0 Å². The zero-order chi connectivity index (χ0) is 24.4. The van der Waals surface area contributed by atoms with Gasteiger partial charge in [-0.05, 0) is 49.6 Å². The van der Waals surface area contributed by atoms with E-state index in [-0.39, 0.29) is 12.0 Å². The first-order valence-electron chi connectivity index (χ1n) is 12.8. The van der Waals surface area contributed by atoms with E-state index in [2.05, 4.69) is 43.9 Å². The molecule has 4 saturated heterocycles. The van der Waals surface area contributed by atoms with E-state index in [0.29, 0.717) is 30.5 Å². The van der Waals surface area contributed by atoms with Crippen LogP contribution in [0, 0.1) is 6.92 Å². The van der Waals surface area contributed by atoms with Crippen LogP contribution in [0.15, 0.2) is 24.4 Å². The Labute approximate surface area is 209 Å². The molecule has 0 radical (unpaired) electrons. The van der Waals surface area contributed by atoms with Crippen LogP contribution in [-0.4, -0.2) is 95.6 Å². The first kappa shape index (κ1) is 22.4. The zero-order valence-corrected chi connectivity index (χ0v) is 20.6. The number of fused-ring (bicyclic) bond motifs is 3. The van der Waals surface area contributed by atoms with Crippen molar-refractivity contribution in [3.05, 3.63) is 35.5 Å². The molecule has 0 amide bonds. The fourth-order valence-electron chi connectivity index (χ4n) is 6.26. The predicted octanol–water partition coefficient (Wildman–Crippen LogP) is 2.64. The minimum absolute atomic E-state index is 0.134. The molecule has 2 unspecified atom stereocenters. The van der Waals surface area contributed by atoms with Crippen LogP contribution in [0.1, 0.15) is 29.9 Å². The number of methoxy groups -OCH3 is 1. The Balaban J connectivity index is 1.24. The fourth-order valence-corrected chi connectivity index (χ4v) is 6.26. The molecule has 10 heteroatoms. The third-order valence-corrected chi connectivity index (χ3v) is 8.34. The minimum Gasteiger partial charge on any atom is -0.467 e. The Morgan fingerprint density at radius 3 is 2.61 bits per heavy atom. The SMILES string of the molecule is COc1nc(N2C[C@@H]3C[C@H]2CO3)cc(-n2ncc3cc(C)c(C4CCN(C5COC5)CC4F)cc32)n1. The van der Waals surface area contributed by atoms with Gasteiger partial charge in [-0.3, -0.25) is 4.90 Å². The van der Waals surface area contributed by atoms with Crippen molar-refractivity contribution in [1.29, 1.82) is 0 Å². The average Bonchev–Trinajstić information content (AvgIpc) is 3.58. The molecule has 6 heterocycles. The Bertz CT molecular complexity index is 1300. The summed E-state index contributed by atoms with van der Waals surface area (Å²) in [6.45, 7) is 6.40. The summed E-state index contributed by atoms with van der Waals surface area (Å²) in [6.07, 6.45) is 3.01. The summed E-state index contributed by atoms with van der Waals surface area (Å²) in [5.74, 6) is 1.33. The highest BCUT2D eigenvalue weighted by molar-refractivity contribution is 5.82. The van der Waals surface area contributed by atoms with Gasteiger partial charge >= 0.3 is 6.01 Å². The molecule has 0 spiro atoms. The van der Waals surface area contributed by atoms with Gasteiger partial charge in [0.15, 0.2) is 5.82 Å². The summed E-state index contributed by atoms with van der Waals surface area (Å²) < 4.78 is 33.8. The maximum Gasteiger partial charge on any atom is 0.320 e. The number of hydrogen-bond acceptors (Lipinski definition) is 8. The molecule has 7 rings (SSSR count).